The summed E-state index contributed by atoms with van der Waals surface area (Å²) in [7, 11) is 1.69. The molecule has 3 heterocycles. The third-order valence-electron chi connectivity index (χ3n) is 5.79. The number of carbonyl (C=O) groups excluding carboxylic acids is 1. The molecule has 1 aromatic heterocycles. The van der Waals surface area contributed by atoms with E-state index in [1.165, 1.54) is 12.3 Å². The van der Waals surface area contributed by atoms with Crippen LogP contribution < -0.4 is 20.9 Å². The minimum atomic E-state index is -0.173. The van der Waals surface area contributed by atoms with Crippen molar-refractivity contribution in [3.63, 3.8) is 0 Å². The van der Waals surface area contributed by atoms with Crippen LogP contribution in [-0.4, -0.2) is 72.8 Å². The lowest BCUT2D eigenvalue weighted by atomic mass is 10.00. The molecule has 0 aliphatic carbocycles. The van der Waals surface area contributed by atoms with Crippen molar-refractivity contribution in [1.29, 1.82) is 0 Å². The molecule has 0 radical (unpaired) electrons. The highest BCUT2D eigenvalue weighted by Crippen LogP contribution is 2.28. The number of rotatable bonds is 8. The Hall–Kier alpha value is -3.17. The van der Waals surface area contributed by atoms with Gasteiger partial charge in [-0.1, -0.05) is 18.2 Å². The molecule has 32 heavy (non-hydrogen) atoms. The van der Waals surface area contributed by atoms with Crippen molar-refractivity contribution in [2.45, 2.75) is 25.0 Å². The summed E-state index contributed by atoms with van der Waals surface area (Å²) in [5.41, 5.74) is 1.31. The van der Waals surface area contributed by atoms with Crippen molar-refractivity contribution in [1.82, 2.24) is 20.2 Å². The van der Waals surface area contributed by atoms with E-state index in [1.807, 2.05) is 24.3 Å². The molecule has 2 unspecified atom stereocenters. The molecule has 2 aliphatic rings. The number of likely N-dealkylation sites (tertiary alicyclic amines) is 1. The molecule has 2 aromatic rings. The van der Waals surface area contributed by atoms with Gasteiger partial charge in [-0.2, -0.15) is 0 Å². The number of benzene rings is 1. The zero-order valence-electron chi connectivity index (χ0n) is 18.2. The summed E-state index contributed by atoms with van der Waals surface area (Å²) >= 11 is 0. The van der Waals surface area contributed by atoms with Gasteiger partial charge in [0.15, 0.2) is 0 Å². The second kappa shape index (κ2) is 10.4. The molecule has 9 nitrogen and oxygen atoms in total. The molecule has 1 aromatic carbocycles. The van der Waals surface area contributed by atoms with Gasteiger partial charge in [-0.05, 0) is 31.5 Å². The Kier molecular flexibility index (Phi) is 7.18. The van der Waals surface area contributed by atoms with E-state index in [9.17, 15) is 9.59 Å². The number of hydrogen-bond acceptors (Lipinski definition) is 7. The number of nitrogens with zero attached hydrogens (tertiary/aromatic N) is 2. The van der Waals surface area contributed by atoms with Crippen LogP contribution >= 0.6 is 0 Å². The molecule has 4 rings (SSSR count). The third kappa shape index (κ3) is 5.35. The van der Waals surface area contributed by atoms with Gasteiger partial charge < -0.3 is 25.0 Å². The van der Waals surface area contributed by atoms with Crippen LogP contribution in [0.5, 0.6) is 5.75 Å². The minimum Gasteiger partial charge on any atom is -0.488 e. The summed E-state index contributed by atoms with van der Waals surface area (Å²) in [6.45, 7) is 3.68. The van der Waals surface area contributed by atoms with Gasteiger partial charge in [-0.15, -0.1) is 0 Å². The Morgan fingerprint density at radius 1 is 1.38 bits per heavy atom. The number of piperidine rings is 1. The van der Waals surface area contributed by atoms with Gasteiger partial charge in [0.25, 0.3) is 11.5 Å². The van der Waals surface area contributed by atoms with Crippen LogP contribution in [0.2, 0.25) is 0 Å². The number of fused-ring (bicyclic) bond motifs is 1. The first-order valence-corrected chi connectivity index (χ1v) is 10.9. The predicted molar refractivity (Wildman–Crippen MR) is 122 cm³/mol. The number of H-pyrrole nitrogens is 1. The Balaban J connectivity index is 1.27. The summed E-state index contributed by atoms with van der Waals surface area (Å²) < 4.78 is 11.4. The lowest BCUT2D eigenvalue weighted by Gasteiger charge is -2.38. The Morgan fingerprint density at radius 3 is 3.12 bits per heavy atom. The van der Waals surface area contributed by atoms with Crippen molar-refractivity contribution in [3.8, 4) is 5.75 Å². The quantitative estimate of drug-likeness (QED) is 0.535. The average molecular weight is 440 g/mol. The standard InChI is InChI=1S/C23H29N5O4/c1-31-19-15-28(12-4-10-24-23-25-11-8-20(29)27-23)13-9-18(19)26-22(30)17-7-2-5-16-6-3-14-32-21(16)17/h2-3,5-8,11,18-19H,4,9-10,12-15H2,1H3,(H,26,30)(H2,24,25,27,29). The van der Waals surface area contributed by atoms with Gasteiger partial charge >= 0.3 is 0 Å². The van der Waals surface area contributed by atoms with Gasteiger partial charge in [-0.25, -0.2) is 4.98 Å². The first kappa shape index (κ1) is 22.0. The summed E-state index contributed by atoms with van der Waals surface area (Å²) in [5, 5.41) is 6.28. The Labute approximate surface area is 186 Å². The van der Waals surface area contributed by atoms with Crippen molar-refractivity contribution in [2.24, 2.45) is 0 Å². The van der Waals surface area contributed by atoms with Crippen LogP contribution in [-0.2, 0) is 4.74 Å². The summed E-state index contributed by atoms with van der Waals surface area (Å²) in [6, 6.07) is 6.94. The zero-order chi connectivity index (χ0) is 22.3. The summed E-state index contributed by atoms with van der Waals surface area (Å²) in [5.74, 6) is 0.989. The molecule has 0 bridgehead atoms. The van der Waals surface area contributed by atoms with Gasteiger partial charge in [0.2, 0.25) is 5.95 Å². The summed E-state index contributed by atoms with van der Waals surface area (Å²) in [6.07, 6.45) is 7.01. The van der Waals surface area contributed by atoms with E-state index in [0.717, 1.165) is 38.0 Å². The van der Waals surface area contributed by atoms with Crippen molar-refractivity contribution >= 4 is 17.9 Å². The maximum atomic E-state index is 13.0. The number of carbonyl (C=O) groups is 1. The molecule has 1 amide bonds. The zero-order valence-corrected chi connectivity index (χ0v) is 18.2. The maximum Gasteiger partial charge on any atom is 0.255 e. The highest BCUT2D eigenvalue weighted by Gasteiger charge is 2.31. The van der Waals surface area contributed by atoms with E-state index in [2.05, 4.69) is 25.5 Å². The number of aromatic nitrogens is 2. The normalized spacial score (nSPS) is 20.3. The highest BCUT2D eigenvalue weighted by atomic mass is 16.5. The van der Waals surface area contributed by atoms with Gasteiger partial charge in [0.05, 0.1) is 17.7 Å². The average Bonchev–Trinajstić information content (AvgIpc) is 2.82. The first-order valence-electron chi connectivity index (χ1n) is 10.9. The predicted octanol–water partition coefficient (Wildman–Crippen LogP) is 1.50. The maximum absolute atomic E-state index is 13.0. The van der Waals surface area contributed by atoms with Crippen LogP contribution in [0.1, 0.15) is 28.8 Å². The molecule has 2 atom stereocenters. The van der Waals surface area contributed by atoms with E-state index in [-0.39, 0.29) is 23.6 Å². The molecular formula is C23H29N5O4. The van der Waals surface area contributed by atoms with Crippen LogP contribution in [0.15, 0.2) is 41.3 Å². The van der Waals surface area contributed by atoms with Crippen LogP contribution in [0.4, 0.5) is 5.95 Å². The van der Waals surface area contributed by atoms with E-state index < -0.39 is 0 Å². The molecule has 3 N–H and O–H groups in total. The van der Waals surface area contributed by atoms with Crippen LogP contribution in [0, 0.1) is 0 Å². The second-order valence-corrected chi connectivity index (χ2v) is 7.94. The molecule has 0 saturated carbocycles. The van der Waals surface area contributed by atoms with Gasteiger partial charge in [0.1, 0.15) is 12.4 Å². The van der Waals surface area contributed by atoms with E-state index in [1.54, 1.807) is 13.2 Å². The Bertz CT molecular complexity index is 1020. The van der Waals surface area contributed by atoms with Crippen LogP contribution in [0.25, 0.3) is 6.08 Å². The van der Waals surface area contributed by atoms with E-state index >= 15 is 0 Å². The number of nitrogens with one attached hydrogen (secondary N) is 3. The minimum absolute atomic E-state index is 0.0598. The molecule has 170 valence electrons. The fraction of sp³-hybridized carbons (Fsp3) is 0.435. The molecule has 2 aliphatic heterocycles. The number of amides is 1. The van der Waals surface area contributed by atoms with Crippen LogP contribution in [0.3, 0.4) is 0 Å². The lowest BCUT2D eigenvalue weighted by molar-refractivity contribution is 0.00637. The number of para-hydroxylation sites is 1. The van der Waals surface area contributed by atoms with Gasteiger partial charge in [0, 0.05) is 44.6 Å². The van der Waals surface area contributed by atoms with Gasteiger partial charge in [-0.3, -0.25) is 14.6 Å². The summed E-state index contributed by atoms with van der Waals surface area (Å²) in [4.78, 5) is 33.4. The number of aromatic amines is 1. The SMILES string of the molecule is COC1CN(CCCNc2nccc(=O)[nH]2)CCC1NC(=O)c1cccc2c1OCC=C2. The van der Waals surface area contributed by atoms with E-state index in [0.29, 0.717) is 30.4 Å². The second-order valence-electron chi connectivity index (χ2n) is 7.94. The van der Waals surface area contributed by atoms with Crippen molar-refractivity contribution in [2.75, 3.05) is 45.2 Å². The number of ether oxygens (including phenoxy) is 2. The lowest BCUT2D eigenvalue weighted by Crippen LogP contribution is -2.55. The number of methoxy groups -OCH3 is 1. The molecule has 9 heteroatoms. The Morgan fingerprint density at radius 2 is 2.28 bits per heavy atom. The fourth-order valence-electron chi connectivity index (χ4n) is 4.14. The van der Waals surface area contributed by atoms with Crippen molar-refractivity contribution < 1.29 is 14.3 Å². The first-order chi connectivity index (χ1) is 15.6. The molecule has 1 saturated heterocycles. The molecule has 1 fully saturated rings. The number of anilines is 1. The molecular weight excluding hydrogens is 410 g/mol. The van der Waals surface area contributed by atoms with E-state index in [4.69, 9.17) is 9.47 Å². The third-order valence-corrected chi connectivity index (χ3v) is 5.79. The monoisotopic (exact) mass is 439 g/mol. The fourth-order valence-corrected chi connectivity index (χ4v) is 4.14. The smallest absolute Gasteiger partial charge is 0.255 e. The topological polar surface area (TPSA) is 109 Å². The largest absolute Gasteiger partial charge is 0.488 e. The van der Waals surface area contributed by atoms with Crippen molar-refractivity contribution in [3.05, 3.63) is 58.0 Å². The number of hydrogen-bond donors (Lipinski definition) is 3. The molecule has 0 spiro atoms. The highest BCUT2D eigenvalue weighted by molar-refractivity contribution is 5.98.